The van der Waals surface area contributed by atoms with E-state index in [1.807, 2.05) is 56.3 Å². The maximum atomic E-state index is 12.3. The van der Waals surface area contributed by atoms with Gasteiger partial charge in [-0.3, -0.25) is 4.79 Å². The number of aryl methyl sites for hydroxylation is 4. The van der Waals surface area contributed by atoms with Crippen molar-refractivity contribution in [3.63, 3.8) is 0 Å². The highest BCUT2D eigenvalue weighted by Gasteiger charge is 2.11. The first-order valence-corrected chi connectivity index (χ1v) is 14.0. The third-order valence-corrected chi connectivity index (χ3v) is 7.53. The molecular formula is C30H33BrClN3O2. The number of imidazole rings is 1. The fourth-order valence-corrected chi connectivity index (χ4v) is 4.83. The first-order valence-electron chi connectivity index (χ1n) is 12.8. The summed E-state index contributed by atoms with van der Waals surface area (Å²) in [6.45, 7) is 6.16. The lowest BCUT2D eigenvalue weighted by molar-refractivity contribution is 0.0953. The van der Waals surface area contributed by atoms with E-state index in [4.69, 9.17) is 21.3 Å². The van der Waals surface area contributed by atoms with Crippen LogP contribution in [0.5, 0.6) is 5.75 Å². The van der Waals surface area contributed by atoms with Crippen LogP contribution in [0.15, 0.2) is 65.1 Å². The van der Waals surface area contributed by atoms with E-state index in [2.05, 4.69) is 44.0 Å². The number of benzene rings is 3. The Morgan fingerprint density at radius 1 is 1.00 bits per heavy atom. The number of rotatable bonds is 12. The van der Waals surface area contributed by atoms with Gasteiger partial charge in [0, 0.05) is 34.6 Å². The van der Waals surface area contributed by atoms with Gasteiger partial charge in [0.2, 0.25) is 0 Å². The first kappa shape index (κ1) is 27.2. The molecule has 0 spiro atoms. The highest BCUT2D eigenvalue weighted by molar-refractivity contribution is 9.10. The number of nitrogens with zero attached hydrogens (tertiary/aromatic N) is 2. The van der Waals surface area contributed by atoms with Crippen molar-refractivity contribution < 1.29 is 9.53 Å². The van der Waals surface area contributed by atoms with Gasteiger partial charge in [-0.05, 0) is 92.8 Å². The largest absolute Gasteiger partial charge is 0.494 e. The fourth-order valence-electron chi connectivity index (χ4n) is 4.46. The van der Waals surface area contributed by atoms with E-state index >= 15 is 0 Å². The van der Waals surface area contributed by atoms with Crippen LogP contribution in [0.4, 0.5) is 0 Å². The predicted octanol–water partition coefficient (Wildman–Crippen LogP) is 7.68. The lowest BCUT2D eigenvalue weighted by Crippen LogP contribution is -2.24. The molecule has 0 bridgehead atoms. The second-order valence-electron chi connectivity index (χ2n) is 9.31. The zero-order valence-electron chi connectivity index (χ0n) is 21.4. The summed E-state index contributed by atoms with van der Waals surface area (Å²) in [6.07, 6.45) is 4.79. The number of hydrogen-bond donors (Lipinski definition) is 1. The van der Waals surface area contributed by atoms with E-state index in [-0.39, 0.29) is 5.91 Å². The van der Waals surface area contributed by atoms with Crippen LogP contribution >= 0.6 is 27.5 Å². The number of nitrogens with one attached hydrogen (secondary N) is 1. The Balaban J connectivity index is 1.25. The average Bonchev–Trinajstić information content (AvgIpc) is 3.24. The van der Waals surface area contributed by atoms with Gasteiger partial charge in [-0.25, -0.2) is 4.98 Å². The molecule has 0 atom stereocenters. The van der Waals surface area contributed by atoms with Crippen LogP contribution < -0.4 is 10.1 Å². The van der Waals surface area contributed by atoms with Crippen LogP contribution in [0.25, 0.3) is 11.0 Å². The van der Waals surface area contributed by atoms with E-state index < -0.39 is 0 Å². The Morgan fingerprint density at radius 2 is 1.73 bits per heavy atom. The van der Waals surface area contributed by atoms with Gasteiger partial charge >= 0.3 is 0 Å². The minimum absolute atomic E-state index is 0.0274. The van der Waals surface area contributed by atoms with E-state index in [9.17, 15) is 4.79 Å². The number of hydrogen-bond acceptors (Lipinski definition) is 3. The topological polar surface area (TPSA) is 56.1 Å². The van der Waals surface area contributed by atoms with Gasteiger partial charge in [-0.1, -0.05) is 46.1 Å². The number of ether oxygens (including phenoxy) is 1. The summed E-state index contributed by atoms with van der Waals surface area (Å²) >= 11 is 9.68. The summed E-state index contributed by atoms with van der Waals surface area (Å²) in [4.78, 5) is 17.2. The third kappa shape index (κ3) is 7.36. The van der Waals surface area contributed by atoms with E-state index in [0.29, 0.717) is 18.7 Å². The van der Waals surface area contributed by atoms with Crippen molar-refractivity contribution in [3.8, 4) is 5.75 Å². The minimum Gasteiger partial charge on any atom is -0.494 e. The number of unbranched alkanes of at least 4 members (excludes halogenated alkanes) is 2. The summed E-state index contributed by atoms with van der Waals surface area (Å²) in [7, 11) is 0. The van der Waals surface area contributed by atoms with Gasteiger partial charge in [0.05, 0.1) is 17.6 Å². The van der Waals surface area contributed by atoms with Crippen LogP contribution in [-0.4, -0.2) is 28.6 Å². The van der Waals surface area contributed by atoms with Crippen molar-refractivity contribution >= 4 is 44.5 Å². The Kier molecular flexibility index (Phi) is 9.64. The fraction of sp³-hybridized carbons (Fsp3) is 0.333. The monoisotopic (exact) mass is 581 g/mol. The van der Waals surface area contributed by atoms with Crippen molar-refractivity contribution in [2.45, 2.75) is 52.5 Å². The van der Waals surface area contributed by atoms with Crippen LogP contribution in [0, 0.1) is 13.8 Å². The van der Waals surface area contributed by atoms with Gasteiger partial charge in [0.25, 0.3) is 5.91 Å². The number of amides is 1. The zero-order valence-corrected chi connectivity index (χ0v) is 23.7. The molecule has 0 aliphatic heterocycles. The lowest BCUT2D eigenvalue weighted by Gasteiger charge is -2.12. The summed E-state index contributed by atoms with van der Waals surface area (Å²) < 4.78 is 9.32. The quantitative estimate of drug-likeness (QED) is 0.174. The van der Waals surface area contributed by atoms with Crippen molar-refractivity contribution in [3.05, 3.63) is 92.7 Å². The molecule has 4 aromatic rings. The molecule has 0 unspecified atom stereocenters. The zero-order chi connectivity index (χ0) is 26.2. The van der Waals surface area contributed by atoms with Crippen LogP contribution in [0.2, 0.25) is 5.02 Å². The molecule has 0 radical (unpaired) electrons. The van der Waals surface area contributed by atoms with Gasteiger partial charge in [0.15, 0.2) is 0 Å². The molecule has 1 aromatic heterocycles. The Morgan fingerprint density at radius 3 is 2.49 bits per heavy atom. The summed E-state index contributed by atoms with van der Waals surface area (Å²) in [6, 6.07) is 19.7. The lowest BCUT2D eigenvalue weighted by atomic mass is 10.1. The Bertz CT molecular complexity index is 1330. The SMILES string of the molecule is Cc1cc(OCCCn2c(CCCCCNC(=O)c3ccc(Br)cc3)nc3ccccc32)cc(C)c1Cl. The van der Waals surface area contributed by atoms with E-state index in [1.54, 1.807) is 0 Å². The smallest absolute Gasteiger partial charge is 0.251 e. The second-order valence-corrected chi connectivity index (χ2v) is 10.6. The highest BCUT2D eigenvalue weighted by Crippen LogP contribution is 2.26. The summed E-state index contributed by atoms with van der Waals surface area (Å²) in [5.41, 5.74) is 4.95. The molecule has 0 aliphatic carbocycles. The van der Waals surface area contributed by atoms with Crippen molar-refractivity contribution in [2.24, 2.45) is 0 Å². The predicted molar refractivity (Wildman–Crippen MR) is 155 cm³/mol. The molecule has 5 nitrogen and oxygen atoms in total. The number of fused-ring (bicyclic) bond motifs is 1. The first-order chi connectivity index (χ1) is 17.9. The van der Waals surface area contributed by atoms with Gasteiger partial charge in [-0.2, -0.15) is 0 Å². The van der Waals surface area contributed by atoms with Gasteiger partial charge < -0.3 is 14.6 Å². The molecule has 37 heavy (non-hydrogen) atoms. The van der Waals surface area contributed by atoms with Crippen molar-refractivity contribution in [1.29, 1.82) is 0 Å². The molecule has 1 amide bonds. The van der Waals surface area contributed by atoms with Crippen LogP contribution in [0.1, 0.15) is 53.0 Å². The minimum atomic E-state index is -0.0274. The molecular weight excluding hydrogens is 550 g/mol. The average molecular weight is 583 g/mol. The molecule has 1 N–H and O–H groups in total. The number of carbonyl (C=O) groups is 1. The van der Waals surface area contributed by atoms with Gasteiger partial charge in [-0.15, -0.1) is 0 Å². The number of halogens is 2. The molecule has 0 aliphatic rings. The molecule has 4 rings (SSSR count). The second kappa shape index (κ2) is 13.1. The normalized spacial score (nSPS) is 11.1. The highest BCUT2D eigenvalue weighted by atomic mass is 79.9. The molecule has 7 heteroatoms. The van der Waals surface area contributed by atoms with Crippen molar-refractivity contribution in [1.82, 2.24) is 14.9 Å². The maximum absolute atomic E-state index is 12.3. The summed E-state index contributed by atoms with van der Waals surface area (Å²) in [5.74, 6) is 1.95. The molecule has 3 aromatic carbocycles. The molecule has 0 saturated heterocycles. The standard InChI is InChI=1S/C30H33BrClN3O2/c1-21-19-25(20-22(2)29(21)32)37-18-8-17-35-27-10-6-5-9-26(27)34-28(35)11-4-3-7-16-33-30(36)23-12-14-24(31)15-13-23/h5-6,9-10,12-15,19-20H,3-4,7-8,11,16-18H2,1-2H3,(H,33,36). The third-order valence-electron chi connectivity index (χ3n) is 6.41. The Labute approximate surface area is 232 Å². The number of aromatic nitrogens is 2. The molecule has 194 valence electrons. The van der Waals surface area contributed by atoms with E-state index in [0.717, 1.165) is 81.9 Å². The molecule has 0 fully saturated rings. The van der Waals surface area contributed by atoms with E-state index in [1.165, 1.54) is 0 Å². The van der Waals surface area contributed by atoms with Crippen LogP contribution in [-0.2, 0) is 13.0 Å². The van der Waals surface area contributed by atoms with Crippen molar-refractivity contribution in [2.75, 3.05) is 13.2 Å². The maximum Gasteiger partial charge on any atom is 0.251 e. The van der Waals surface area contributed by atoms with Crippen LogP contribution in [0.3, 0.4) is 0 Å². The van der Waals surface area contributed by atoms with Gasteiger partial charge in [0.1, 0.15) is 11.6 Å². The number of para-hydroxylation sites is 2. The Hall–Kier alpha value is -2.83. The molecule has 0 saturated carbocycles. The molecule has 1 heterocycles. The number of carbonyl (C=O) groups excluding carboxylic acids is 1. The summed E-state index contributed by atoms with van der Waals surface area (Å²) in [5, 5.41) is 3.81.